The molecule has 0 atom stereocenters. The standard InChI is InChI=1S/C14H15N4/c1-4-12-14-13(9(2)17-18(12)3)15-10-7-5-6-8-11(10)16-14/h5-8H,4H2,1-3H3/q+1. The lowest BCUT2D eigenvalue weighted by molar-refractivity contribution is -0.736. The second-order valence-electron chi connectivity index (χ2n) is 4.42. The third kappa shape index (κ3) is 1.53. The SMILES string of the molecule is CCc1c2nc3ccccc3nc2c(C)n[n+]1C. The van der Waals surface area contributed by atoms with Crippen LogP contribution in [0.3, 0.4) is 0 Å². The van der Waals surface area contributed by atoms with Crippen molar-refractivity contribution in [3.05, 3.63) is 35.7 Å². The fourth-order valence-corrected chi connectivity index (χ4v) is 2.34. The first-order valence-electron chi connectivity index (χ1n) is 6.13. The van der Waals surface area contributed by atoms with Crippen molar-refractivity contribution < 1.29 is 4.68 Å². The molecule has 0 aliphatic rings. The van der Waals surface area contributed by atoms with Gasteiger partial charge in [0.15, 0.2) is 12.6 Å². The number of aromatic nitrogens is 4. The monoisotopic (exact) mass is 239 g/mol. The number of hydrogen-bond donors (Lipinski definition) is 0. The first kappa shape index (κ1) is 11.0. The van der Waals surface area contributed by atoms with Gasteiger partial charge in [0.25, 0.3) is 0 Å². The summed E-state index contributed by atoms with van der Waals surface area (Å²) < 4.78 is 1.90. The van der Waals surface area contributed by atoms with Gasteiger partial charge in [-0.05, 0) is 24.2 Å². The molecule has 0 radical (unpaired) electrons. The summed E-state index contributed by atoms with van der Waals surface area (Å²) in [6, 6.07) is 7.95. The van der Waals surface area contributed by atoms with Crippen LogP contribution in [-0.4, -0.2) is 15.1 Å². The van der Waals surface area contributed by atoms with Gasteiger partial charge in [-0.3, -0.25) is 0 Å². The molecule has 0 spiro atoms. The quantitative estimate of drug-likeness (QED) is 0.481. The molecule has 1 aromatic carbocycles. The van der Waals surface area contributed by atoms with E-state index in [9.17, 15) is 0 Å². The summed E-state index contributed by atoms with van der Waals surface area (Å²) >= 11 is 0. The maximum absolute atomic E-state index is 4.75. The van der Waals surface area contributed by atoms with Crippen LogP contribution >= 0.6 is 0 Å². The highest BCUT2D eigenvalue weighted by molar-refractivity contribution is 5.87. The Morgan fingerprint density at radius 2 is 1.67 bits per heavy atom. The molecular formula is C14H15N4+. The highest BCUT2D eigenvalue weighted by Crippen LogP contribution is 2.18. The van der Waals surface area contributed by atoms with E-state index in [-0.39, 0.29) is 0 Å². The maximum Gasteiger partial charge on any atom is 0.235 e. The minimum Gasteiger partial charge on any atom is -0.242 e. The minimum absolute atomic E-state index is 0.896. The summed E-state index contributed by atoms with van der Waals surface area (Å²) in [5.41, 5.74) is 5.77. The van der Waals surface area contributed by atoms with Crippen LogP contribution < -0.4 is 4.68 Å². The van der Waals surface area contributed by atoms with Crippen molar-refractivity contribution in [3.8, 4) is 0 Å². The molecular weight excluding hydrogens is 224 g/mol. The van der Waals surface area contributed by atoms with Crippen LogP contribution in [0.4, 0.5) is 0 Å². The van der Waals surface area contributed by atoms with Gasteiger partial charge < -0.3 is 0 Å². The van der Waals surface area contributed by atoms with E-state index in [2.05, 4.69) is 17.0 Å². The zero-order chi connectivity index (χ0) is 12.7. The molecule has 0 saturated heterocycles. The Kier molecular flexibility index (Phi) is 2.44. The van der Waals surface area contributed by atoms with E-state index >= 15 is 0 Å². The van der Waals surface area contributed by atoms with Crippen molar-refractivity contribution in [1.82, 2.24) is 15.1 Å². The van der Waals surface area contributed by atoms with Crippen molar-refractivity contribution in [2.24, 2.45) is 7.05 Å². The Hall–Kier alpha value is -2.10. The Labute approximate surface area is 105 Å². The van der Waals surface area contributed by atoms with Gasteiger partial charge in [0.2, 0.25) is 5.69 Å². The van der Waals surface area contributed by atoms with E-state index in [0.717, 1.165) is 39.9 Å². The number of nitrogens with zero attached hydrogens (tertiary/aromatic N) is 4. The van der Waals surface area contributed by atoms with Gasteiger partial charge in [0.05, 0.1) is 11.0 Å². The summed E-state index contributed by atoms with van der Waals surface area (Å²) in [7, 11) is 1.96. The van der Waals surface area contributed by atoms with Gasteiger partial charge in [0, 0.05) is 6.42 Å². The molecule has 2 aromatic heterocycles. The molecule has 0 aliphatic heterocycles. The van der Waals surface area contributed by atoms with Crippen molar-refractivity contribution in [1.29, 1.82) is 0 Å². The molecule has 3 rings (SSSR count). The average molecular weight is 239 g/mol. The zero-order valence-corrected chi connectivity index (χ0v) is 10.8. The number of aryl methyl sites for hydroxylation is 3. The van der Waals surface area contributed by atoms with Crippen molar-refractivity contribution >= 4 is 22.1 Å². The van der Waals surface area contributed by atoms with Crippen LogP contribution in [-0.2, 0) is 13.5 Å². The molecule has 0 aliphatic carbocycles. The van der Waals surface area contributed by atoms with Crippen molar-refractivity contribution in [2.45, 2.75) is 20.3 Å². The predicted octanol–water partition coefficient (Wildman–Crippen LogP) is 1.87. The average Bonchev–Trinajstić information content (AvgIpc) is 2.37. The Bertz CT molecular complexity index is 749. The molecule has 0 amide bonds. The second-order valence-corrected chi connectivity index (χ2v) is 4.42. The van der Waals surface area contributed by atoms with E-state index in [4.69, 9.17) is 4.98 Å². The third-order valence-electron chi connectivity index (χ3n) is 3.21. The van der Waals surface area contributed by atoms with E-state index in [1.807, 2.05) is 42.9 Å². The van der Waals surface area contributed by atoms with Crippen LogP contribution in [0.25, 0.3) is 22.1 Å². The number of para-hydroxylation sites is 2. The minimum atomic E-state index is 0.896. The Balaban J connectivity index is 2.52. The first-order valence-corrected chi connectivity index (χ1v) is 6.13. The number of benzene rings is 1. The molecule has 0 unspecified atom stereocenters. The number of fused-ring (bicyclic) bond motifs is 2. The predicted molar refractivity (Wildman–Crippen MR) is 70.1 cm³/mol. The Morgan fingerprint density at radius 1 is 1.06 bits per heavy atom. The molecule has 0 N–H and O–H groups in total. The number of hydrogen-bond acceptors (Lipinski definition) is 3. The van der Waals surface area contributed by atoms with E-state index in [0.29, 0.717) is 0 Å². The second kappa shape index (κ2) is 3.98. The molecule has 4 heteroatoms. The highest BCUT2D eigenvalue weighted by Gasteiger charge is 2.18. The zero-order valence-electron chi connectivity index (χ0n) is 10.8. The van der Waals surface area contributed by atoms with E-state index in [1.54, 1.807) is 0 Å². The summed E-state index contributed by atoms with van der Waals surface area (Å²) in [6.45, 7) is 4.09. The summed E-state index contributed by atoms with van der Waals surface area (Å²) in [5, 5.41) is 4.49. The van der Waals surface area contributed by atoms with Crippen molar-refractivity contribution in [2.75, 3.05) is 0 Å². The van der Waals surface area contributed by atoms with Gasteiger partial charge >= 0.3 is 0 Å². The molecule has 2 heterocycles. The van der Waals surface area contributed by atoms with Gasteiger partial charge in [-0.25, -0.2) is 9.97 Å². The van der Waals surface area contributed by atoms with Crippen LogP contribution in [0.5, 0.6) is 0 Å². The first-order chi connectivity index (χ1) is 8.70. The van der Waals surface area contributed by atoms with Gasteiger partial charge in [0.1, 0.15) is 11.2 Å². The van der Waals surface area contributed by atoms with Crippen LogP contribution in [0.15, 0.2) is 24.3 Å². The normalized spacial score (nSPS) is 11.3. The van der Waals surface area contributed by atoms with Gasteiger partial charge in [-0.2, -0.15) is 0 Å². The lowest BCUT2D eigenvalue weighted by Gasteiger charge is -2.04. The highest BCUT2D eigenvalue weighted by atomic mass is 15.3. The molecule has 0 bridgehead atoms. The molecule has 18 heavy (non-hydrogen) atoms. The van der Waals surface area contributed by atoms with E-state index in [1.165, 1.54) is 0 Å². The summed E-state index contributed by atoms with van der Waals surface area (Å²) in [4.78, 5) is 9.44. The topological polar surface area (TPSA) is 42.6 Å². The van der Waals surface area contributed by atoms with Crippen LogP contribution in [0, 0.1) is 6.92 Å². The lowest BCUT2D eigenvalue weighted by Crippen LogP contribution is -2.39. The van der Waals surface area contributed by atoms with E-state index < -0.39 is 0 Å². The Morgan fingerprint density at radius 3 is 2.28 bits per heavy atom. The van der Waals surface area contributed by atoms with Gasteiger partial charge in [-0.1, -0.05) is 23.7 Å². The summed E-state index contributed by atoms with van der Waals surface area (Å²) in [6.07, 6.45) is 0.896. The smallest absolute Gasteiger partial charge is 0.235 e. The molecule has 0 fully saturated rings. The molecule has 3 aromatic rings. The molecule has 4 nitrogen and oxygen atoms in total. The fraction of sp³-hybridized carbons (Fsp3) is 0.286. The number of rotatable bonds is 1. The fourth-order valence-electron chi connectivity index (χ4n) is 2.34. The largest absolute Gasteiger partial charge is 0.242 e. The van der Waals surface area contributed by atoms with Crippen LogP contribution in [0.1, 0.15) is 18.3 Å². The third-order valence-corrected chi connectivity index (χ3v) is 3.21. The maximum atomic E-state index is 4.75. The van der Waals surface area contributed by atoms with Crippen LogP contribution in [0.2, 0.25) is 0 Å². The lowest BCUT2D eigenvalue weighted by atomic mass is 10.2. The van der Waals surface area contributed by atoms with Crippen molar-refractivity contribution in [3.63, 3.8) is 0 Å². The molecule has 90 valence electrons. The molecule has 0 saturated carbocycles. The van der Waals surface area contributed by atoms with Gasteiger partial charge in [-0.15, -0.1) is 0 Å². The summed E-state index contributed by atoms with van der Waals surface area (Å²) in [5.74, 6) is 0.